The summed E-state index contributed by atoms with van der Waals surface area (Å²) < 4.78 is 1.75. The third-order valence-electron chi connectivity index (χ3n) is 3.32. The minimum atomic E-state index is 0. The van der Waals surface area contributed by atoms with Crippen molar-refractivity contribution in [3.63, 3.8) is 0 Å². The molecular weight excluding hydrogens is 276 g/mol. The van der Waals surface area contributed by atoms with Crippen LogP contribution in [0.3, 0.4) is 0 Å². The number of aromatic nitrogens is 2. The van der Waals surface area contributed by atoms with Gasteiger partial charge in [-0.25, -0.2) is 0 Å². The van der Waals surface area contributed by atoms with Crippen LogP contribution in [0, 0.1) is 11.3 Å². The van der Waals surface area contributed by atoms with Crippen molar-refractivity contribution >= 4 is 24.1 Å². The summed E-state index contributed by atoms with van der Waals surface area (Å²) in [5.74, 6) is 0.965. The van der Waals surface area contributed by atoms with Gasteiger partial charge in [0.1, 0.15) is 5.82 Å². The zero-order valence-corrected chi connectivity index (χ0v) is 13.5. The molecule has 1 aliphatic heterocycles. The predicted molar refractivity (Wildman–Crippen MR) is 83.2 cm³/mol. The van der Waals surface area contributed by atoms with Crippen LogP contribution in [-0.4, -0.2) is 28.8 Å². The Morgan fingerprint density at radius 1 is 1.55 bits per heavy atom. The Labute approximate surface area is 126 Å². The molecule has 2 N–H and O–H groups in total. The van der Waals surface area contributed by atoms with Crippen LogP contribution in [0.15, 0.2) is 6.07 Å². The van der Waals surface area contributed by atoms with Crippen molar-refractivity contribution in [2.75, 3.05) is 18.4 Å². The zero-order valence-electron chi connectivity index (χ0n) is 12.7. The lowest BCUT2D eigenvalue weighted by molar-refractivity contribution is -0.119. The first-order chi connectivity index (χ1) is 8.85. The summed E-state index contributed by atoms with van der Waals surface area (Å²) >= 11 is 0. The lowest BCUT2D eigenvalue weighted by atomic mass is 9.91. The van der Waals surface area contributed by atoms with Gasteiger partial charge in [-0.3, -0.25) is 9.48 Å². The molecule has 0 radical (unpaired) electrons. The molecule has 0 aromatic carbocycles. The maximum absolute atomic E-state index is 12.1. The molecule has 0 spiro atoms. The van der Waals surface area contributed by atoms with Gasteiger partial charge in [0, 0.05) is 19.7 Å². The van der Waals surface area contributed by atoms with Crippen LogP contribution in [0.5, 0.6) is 0 Å². The average Bonchev–Trinajstić information content (AvgIpc) is 2.87. The molecule has 2 heterocycles. The smallest absolute Gasteiger partial charge is 0.229 e. The van der Waals surface area contributed by atoms with Gasteiger partial charge in [0.05, 0.1) is 11.6 Å². The maximum Gasteiger partial charge on any atom is 0.229 e. The van der Waals surface area contributed by atoms with E-state index in [0.29, 0.717) is 0 Å². The Kier molecular flexibility index (Phi) is 5.59. The number of carbonyl (C=O) groups excluding carboxylic acids is 1. The number of aryl methyl sites for hydroxylation is 1. The second-order valence-electron chi connectivity index (χ2n) is 6.56. The third kappa shape index (κ3) is 4.49. The molecule has 5 nitrogen and oxygen atoms in total. The molecule has 114 valence electrons. The van der Waals surface area contributed by atoms with Crippen molar-refractivity contribution in [3.8, 4) is 0 Å². The summed E-state index contributed by atoms with van der Waals surface area (Å²) in [4.78, 5) is 12.1. The van der Waals surface area contributed by atoms with E-state index in [1.165, 1.54) is 0 Å². The molecular formula is C14H25ClN4O. The van der Waals surface area contributed by atoms with Gasteiger partial charge in [0.25, 0.3) is 0 Å². The number of nitrogens with one attached hydrogen (secondary N) is 2. The molecule has 1 amide bonds. The standard InChI is InChI=1S/C14H24N4O.ClH/c1-14(2,3)8-11-7-12(18(4)17-11)16-13(19)10-5-6-15-9-10;/h7,10,15H,5-6,8-9H2,1-4H3,(H,16,19);1H. The minimum Gasteiger partial charge on any atom is -0.316 e. The zero-order chi connectivity index (χ0) is 14.0. The number of hydrogen-bond acceptors (Lipinski definition) is 3. The van der Waals surface area contributed by atoms with Crippen LogP contribution in [-0.2, 0) is 18.3 Å². The molecule has 6 heteroatoms. The van der Waals surface area contributed by atoms with Crippen molar-refractivity contribution in [3.05, 3.63) is 11.8 Å². The highest BCUT2D eigenvalue weighted by Gasteiger charge is 2.23. The molecule has 0 aliphatic carbocycles. The van der Waals surface area contributed by atoms with Crippen LogP contribution in [0.25, 0.3) is 0 Å². The molecule has 1 atom stereocenters. The number of nitrogens with zero attached hydrogens (tertiary/aromatic N) is 2. The molecule has 2 rings (SSSR count). The molecule has 20 heavy (non-hydrogen) atoms. The summed E-state index contributed by atoms with van der Waals surface area (Å²) in [5.41, 5.74) is 1.22. The number of rotatable bonds is 3. The maximum atomic E-state index is 12.1. The van der Waals surface area contributed by atoms with E-state index in [4.69, 9.17) is 0 Å². The SMILES string of the molecule is Cl.Cn1nc(CC(C)(C)C)cc1NC(=O)C1CCNC1. The number of amides is 1. The summed E-state index contributed by atoms with van der Waals surface area (Å²) in [6.07, 6.45) is 1.82. The molecule has 1 fully saturated rings. The van der Waals surface area contributed by atoms with Crippen molar-refractivity contribution in [1.82, 2.24) is 15.1 Å². The lowest BCUT2D eigenvalue weighted by Gasteiger charge is -2.15. The van der Waals surface area contributed by atoms with Crippen LogP contribution in [0.1, 0.15) is 32.9 Å². The van der Waals surface area contributed by atoms with E-state index < -0.39 is 0 Å². The van der Waals surface area contributed by atoms with Gasteiger partial charge in [0.2, 0.25) is 5.91 Å². The molecule has 1 saturated heterocycles. The Bertz CT molecular complexity index is 458. The van der Waals surface area contributed by atoms with E-state index in [2.05, 4.69) is 36.5 Å². The predicted octanol–water partition coefficient (Wildman–Crippen LogP) is 1.98. The third-order valence-corrected chi connectivity index (χ3v) is 3.32. The second-order valence-corrected chi connectivity index (χ2v) is 6.56. The first-order valence-corrected chi connectivity index (χ1v) is 6.90. The van der Waals surface area contributed by atoms with E-state index in [1.54, 1.807) is 4.68 Å². The molecule has 0 saturated carbocycles. The number of anilines is 1. The second kappa shape index (κ2) is 6.59. The number of halogens is 1. The summed E-state index contributed by atoms with van der Waals surface area (Å²) in [5, 5.41) is 10.6. The van der Waals surface area contributed by atoms with Gasteiger partial charge in [-0.2, -0.15) is 5.10 Å². The first kappa shape index (κ1) is 17.0. The molecule has 1 aromatic rings. The lowest BCUT2D eigenvalue weighted by Crippen LogP contribution is -2.25. The summed E-state index contributed by atoms with van der Waals surface area (Å²) in [7, 11) is 1.87. The van der Waals surface area contributed by atoms with Crippen LogP contribution in [0.2, 0.25) is 0 Å². The van der Waals surface area contributed by atoms with Crippen molar-refractivity contribution in [2.45, 2.75) is 33.6 Å². The van der Waals surface area contributed by atoms with Gasteiger partial charge >= 0.3 is 0 Å². The van der Waals surface area contributed by atoms with Gasteiger partial charge in [-0.1, -0.05) is 20.8 Å². The Balaban J connectivity index is 0.00000200. The van der Waals surface area contributed by atoms with E-state index in [0.717, 1.165) is 37.4 Å². The molecule has 1 aliphatic rings. The highest BCUT2D eigenvalue weighted by Crippen LogP contribution is 2.22. The fourth-order valence-electron chi connectivity index (χ4n) is 2.38. The fraction of sp³-hybridized carbons (Fsp3) is 0.714. The van der Waals surface area contributed by atoms with Crippen molar-refractivity contribution < 1.29 is 4.79 Å². The average molecular weight is 301 g/mol. The minimum absolute atomic E-state index is 0. The Morgan fingerprint density at radius 2 is 2.25 bits per heavy atom. The van der Waals surface area contributed by atoms with Crippen LogP contribution in [0.4, 0.5) is 5.82 Å². The van der Waals surface area contributed by atoms with E-state index >= 15 is 0 Å². The quantitative estimate of drug-likeness (QED) is 0.897. The largest absolute Gasteiger partial charge is 0.316 e. The van der Waals surface area contributed by atoms with Gasteiger partial charge in [0.15, 0.2) is 0 Å². The number of carbonyl (C=O) groups is 1. The molecule has 1 aromatic heterocycles. The van der Waals surface area contributed by atoms with Crippen LogP contribution >= 0.6 is 12.4 Å². The molecule has 0 bridgehead atoms. The van der Waals surface area contributed by atoms with E-state index in [9.17, 15) is 4.79 Å². The van der Waals surface area contributed by atoms with Gasteiger partial charge in [-0.15, -0.1) is 12.4 Å². The highest BCUT2D eigenvalue weighted by atomic mass is 35.5. The monoisotopic (exact) mass is 300 g/mol. The van der Waals surface area contributed by atoms with Gasteiger partial charge < -0.3 is 10.6 Å². The van der Waals surface area contributed by atoms with Crippen molar-refractivity contribution in [1.29, 1.82) is 0 Å². The molecule has 1 unspecified atom stereocenters. The van der Waals surface area contributed by atoms with E-state index in [-0.39, 0.29) is 29.6 Å². The van der Waals surface area contributed by atoms with Crippen molar-refractivity contribution in [2.24, 2.45) is 18.4 Å². The topological polar surface area (TPSA) is 59.0 Å². The normalized spacial score (nSPS) is 18.7. The fourth-order valence-corrected chi connectivity index (χ4v) is 2.38. The Hall–Kier alpha value is -1.07. The highest BCUT2D eigenvalue weighted by molar-refractivity contribution is 5.92. The summed E-state index contributed by atoms with van der Waals surface area (Å²) in [6.45, 7) is 8.26. The van der Waals surface area contributed by atoms with E-state index in [1.807, 2.05) is 13.1 Å². The number of hydrogen-bond donors (Lipinski definition) is 2. The first-order valence-electron chi connectivity index (χ1n) is 6.90. The Morgan fingerprint density at radius 3 is 2.80 bits per heavy atom. The summed E-state index contributed by atoms with van der Waals surface area (Å²) in [6, 6.07) is 1.98. The van der Waals surface area contributed by atoms with Crippen LogP contribution < -0.4 is 10.6 Å². The van der Waals surface area contributed by atoms with Gasteiger partial charge in [-0.05, 0) is 24.8 Å².